The minimum Gasteiger partial charge on any atom is -0.475 e. The molecule has 1 aromatic carbocycles. The highest BCUT2D eigenvalue weighted by Crippen LogP contribution is 2.30. The average Bonchev–Trinajstić information content (AvgIpc) is 3.41. The number of aromatic nitrogens is 6. The molecule has 0 saturated carbocycles. The van der Waals surface area contributed by atoms with E-state index in [9.17, 15) is 26.3 Å². The van der Waals surface area contributed by atoms with Gasteiger partial charge in [0, 0.05) is 18.3 Å². The summed E-state index contributed by atoms with van der Waals surface area (Å²) in [6.07, 6.45) is -6.68. The van der Waals surface area contributed by atoms with E-state index in [4.69, 9.17) is 15.6 Å². The number of carboxylic acid groups (broad SMARTS) is 1. The van der Waals surface area contributed by atoms with Crippen LogP contribution in [-0.2, 0) is 11.3 Å². The zero-order valence-corrected chi connectivity index (χ0v) is 16.6. The molecule has 0 aliphatic rings. The number of pyridine rings is 1. The van der Waals surface area contributed by atoms with Crippen molar-refractivity contribution in [3.63, 3.8) is 0 Å². The summed E-state index contributed by atoms with van der Waals surface area (Å²) in [4.78, 5) is 13.2. The van der Waals surface area contributed by atoms with Crippen LogP contribution in [0.3, 0.4) is 0 Å². The summed E-state index contributed by atoms with van der Waals surface area (Å²) in [6, 6.07) is 7.10. The van der Waals surface area contributed by atoms with Gasteiger partial charge in [0.1, 0.15) is 11.4 Å². The molecule has 34 heavy (non-hydrogen) atoms. The minimum atomic E-state index is -5.08. The van der Waals surface area contributed by atoms with E-state index in [1.165, 1.54) is 28.9 Å². The fourth-order valence-corrected chi connectivity index (χ4v) is 2.77. The zero-order valence-electron chi connectivity index (χ0n) is 16.6. The van der Waals surface area contributed by atoms with Gasteiger partial charge in [-0.25, -0.2) is 14.5 Å². The number of carbonyl (C=O) groups is 1. The van der Waals surface area contributed by atoms with E-state index in [1.807, 2.05) is 0 Å². The number of alkyl halides is 6. The first kappa shape index (κ1) is 24.4. The summed E-state index contributed by atoms with van der Waals surface area (Å²) in [7, 11) is 0. The van der Waals surface area contributed by atoms with Gasteiger partial charge in [0.05, 0.1) is 23.0 Å². The monoisotopic (exact) mass is 489 g/mol. The lowest BCUT2D eigenvalue weighted by molar-refractivity contribution is -0.274. The SMILES string of the molecule is NCc1nn(-c2ccc(OC(F)(F)F)cc2)c2nccc(-c3cn[nH]n3)c12.O=C(O)C(F)(F)F. The lowest BCUT2D eigenvalue weighted by Gasteiger charge is -2.09. The number of ether oxygens (including phenoxy) is 1. The fraction of sp³-hybridized carbons (Fsp3) is 0.167. The second kappa shape index (κ2) is 9.34. The summed E-state index contributed by atoms with van der Waals surface area (Å²) in [5, 5.41) is 22.7. The van der Waals surface area contributed by atoms with Crippen molar-refractivity contribution in [2.75, 3.05) is 0 Å². The Balaban J connectivity index is 0.000000406. The molecule has 0 saturated heterocycles. The van der Waals surface area contributed by atoms with Gasteiger partial charge in [0.25, 0.3) is 0 Å². The molecule has 0 bridgehead atoms. The number of H-pyrrole nitrogens is 1. The second-order valence-corrected chi connectivity index (χ2v) is 6.32. The molecule has 0 aliphatic carbocycles. The largest absolute Gasteiger partial charge is 0.573 e. The van der Waals surface area contributed by atoms with Crippen molar-refractivity contribution in [3.05, 3.63) is 48.4 Å². The smallest absolute Gasteiger partial charge is 0.475 e. The molecule has 0 atom stereocenters. The Hall–Kier alpha value is -4.21. The van der Waals surface area contributed by atoms with Gasteiger partial charge in [0.2, 0.25) is 0 Å². The van der Waals surface area contributed by atoms with Gasteiger partial charge in [-0.2, -0.15) is 33.7 Å². The number of aliphatic carboxylic acids is 1. The van der Waals surface area contributed by atoms with E-state index >= 15 is 0 Å². The zero-order chi connectivity index (χ0) is 25.1. The molecule has 180 valence electrons. The van der Waals surface area contributed by atoms with Crippen molar-refractivity contribution in [2.24, 2.45) is 5.73 Å². The Bertz CT molecular complexity index is 1270. The van der Waals surface area contributed by atoms with Crippen molar-refractivity contribution < 1.29 is 41.0 Å². The van der Waals surface area contributed by atoms with E-state index in [0.717, 1.165) is 5.56 Å². The van der Waals surface area contributed by atoms with E-state index in [1.54, 1.807) is 18.5 Å². The van der Waals surface area contributed by atoms with E-state index in [2.05, 4.69) is 30.2 Å². The first-order chi connectivity index (χ1) is 15.9. The molecule has 10 nitrogen and oxygen atoms in total. The van der Waals surface area contributed by atoms with Crippen LogP contribution >= 0.6 is 0 Å². The van der Waals surface area contributed by atoms with Crippen LogP contribution in [0.2, 0.25) is 0 Å². The third-order valence-corrected chi connectivity index (χ3v) is 4.08. The number of aromatic amines is 1. The lowest BCUT2D eigenvalue weighted by Crippen LogP contribution is -2.21. The van der Waals surface area contributed by atoms with Gasteiger partial charge in [0.15, 0.2) is 5.65 Å². The summed E-state index contributed by atoms with van der Waals surface area (Å²) in [5.74, 6) is -3.08. The summed E-state index contributed by atoms with van der Waals surface area (Å²) in [5.41, 5.74) is 8.77. The molecule has 0 radical (unpaired) electrons. The Morgan fingerprint density at radius 1 is 1.12 bits per heavy atom. The van der Waals surface area contributed by atoms with Crippen LogP contribution < -0.4 is 10.5 Å². The van der Waals surface area contributed by atoms with Gasteiger partial charge in [-0.3, -0.25) is 0 Å². The third-order valence-electron chi connectivity index (χ3n) is 4.08. The van der Waals surface area contributed by atoms with Crippen molar-refractivity contribution in [3.8, 4) is 22.7 Å². The van der Waals surface area contributed by atoms with E-state index in [0.29, 0.717) is 28.1 Å². The van der Waals surface area contributed by atoms with Crippen LogP contribution in [0.5, 0.6) is 5.75 Å². The van der Waals surface area contributed by atoms with Crippen molar-refractivity contribution in [1.82, 2.24) is 30.2 Å². The lowest BCUT2D eigenvalue weighted by atomic mass is 10.1. The number of halogens is 6. The quantitative estimate of drug-likeness (QED) is 0.371. The number of nitrogens with one attached hydrogen (secondary N) is 1. The first-order valence-corrected chi connectivity index (χ1v) is 9.00. The molecule has 0 aliphatic heterocycles. The van der Waals surface area contributed by atoms with Gasteiger partial charge < -0.3 is 15.6 Å². The maximum absolute atomic E-state index is 12.3. The molecule has 0 fully saturated rings. The number of hydrogen-bond donors (Lipinski definition) is 3. The summed E-state index contributed by atoms with van der Waals surface area (Å²) < 4.78 is 74.1. The average molecular weight is 489 g/mol. The molecule has 4 N–H and O–H groups in total. The summed E-state index contributed by atoms with van der Waals surface area (Å²) in [6.45, 7) is 0.148. The van der Waals surface area contributed by atoms with Gasteiger partial charge >= 0.3 is 18.5 Å². The number of rotatable bonds is 4. The standard InChI is InChI=1S/C16H12F3N7O.C2HF3O2/c17-16(18,19)27-10-3-1-9(2-4-10)26-15-14(12(7-20)24-26)11(5-6-21-15)13-8-22-25-23-13;3-2(4,5)1(6)7/h1-6,8H,7,20H2,(H,22,23,25);(H,6,7). The van der Waals surface area contributed by atoms with Crippen LogP contribution in [0.15, 0.2) is 42.7 Å². The van der Waals surface area contributed by atoms with Crippen molar-refractivity contribution >= 4 is 17.0 Å². The molecular formula is C18H13F6N7O3. The topological polar surface area (TPSA) is 145 Å². The number of fused-ring (bicyclic) bond motifs is 1. The maximum Gasteiger partial charge on any atom is 0.573 e. The number of nitrogens with two attached hydrogens (primary N) is 1. The van der Waals surface area contributed by atoms with Crippen LogP contribution in [0.25, 0.3) is 28.0 Å². The Kier molecular flexibility index (Phi) is 6.71. The minimum absolute atomic E-state index is 0.148. The van der Waals surface area contributed by atoms with E-state index < -0.39 is 18.5 Å². The normalized spacial score (nSPS) is 11.7. The maximum atomic E-state index is 12.3. The first-order valence-electron chi connectivity index (χ1n) is 9.00. The highest BCUT2D eigenvalue weighted by molar-refractivity contribution is 5.94. The molecule has 16 heteroatoms. The fourth-order valence-electron chi connectivity index (χ4n) is 2.77. The Labute approximate surface area is 185 Å². The predicted molar refractivity (Wildman–Crippen MR) is 103 cm³/mol. The molecular weight excluding hydrogens is 476 g/mol. The molecule has 3 heterocycles. The molecule has 0 spiro atoms. The van der Waals surface area contributed by atoms with Crippen LogP contribution in [-0.4, -0.2) is 53.8 Å². The third kappa shape index (κ3) is 5.58. The number of hydrogen-bond acceptors (Lipinski definition) is 7. The molecule has 0 amide bonds. The van der Waals surface area contributed by atoms with Crippen LogP contribution in [0, 0.1) is 0 Å². The Morgan fingerprint density at radius 3 is 2.26 bits per heavy atom. The number of nitrogens with zero attached hydrogens (tertiary/aromatic N) is 5. The molecule has 4 rings (SSSR count). The highest BCUT2D eigenvalue weighted by atomic mass is 19.4. The van der Waals surface area contributed by atoms with E-state index in [-0.39, 0.29) is 12.3 Å². The molecule has 4 aromatic rings. The van der Waals surface area contributed by atoms with Crippen molar-refractivity contribution in [2.45, 2.75) is 19.1 Å². The van der Waals surface area contributed by atoms with Gasteiger partial charge in [-0.05, 0) is 30.3 Å². The second-order valence-electron chi connectivity index (χ2n) is 6.32. The number of carboxylic acids is 1. The summed E-state index contributed by atoms with van der Waals surface area (Å²) >= 11 is 0. The highest BCUT2D eigenvalue weighted by Gasteiger charge is 2.38. The molecule has 0 unspecified atom stereocenters. The van der Waals surface area contributed by atoms with Gasteiger partial charge in [-0.15, -0.1) is 13.2 Å². The van der Waals surface area contributed by atoms with Crippen LogP contribution in [0.1, 0.15) is 5.69 Å². The predicted octanol–water partition coefficient (Wildman–Crippen LogP) is 3.20. The van der Waals surface area contributed by atoms with Crippen molar-refractivity contribution in [1.29, 1.82) is 0 Å². The van der Waals surface area contributed by atoms with Gasteiger partial charge in [-0.1, -0.05) is 0 Å². The molecule has 3 aromatic heterocycles. The van der Waals surface area contributed by atoms with Crippen LogP contribution in [0.4, 0.5) is 26.3 Å². The number of benzene rings is 1. The Morgan fingerprint density at radius 2 is 1.76 bits per heavy atom.